The molecule has 6 heteroatoms. The molecule has 1 aromatic carbocycles. The fourth-order valence-corrected chi connectivity index (χ4v) is 2.21. The normalized spacial score (nSPS) is 18.6. The summed E-state index contributed by atoms with van der Waals surface area (Å²) < 4.78 is 0. The van der Waals surface area contributed by atoms with Gasteiger partial charge in [0.05, 0.1) is 5.69 Å². The number of amides is 1. The van der Waals surface area contributed by atoms with E-state index in [0.717, 1.165) is 0 Å². The number of carbonyl (C=O) groups is 2. The van der Waals surface area contributed by atoms with Crippen molar-refractivity contribution in [3.63, 3.8) is 0 Å². The summed E-state index contributed by atoms with van der Waals surface area (Å²) in [5, 5.41) is 12.4. The molecule has 0 bridgehead atoms. The summed E-state index contributed by atoms with van der Waals surface area (Å²) in [7, 11) is 0. The summed E-state index contributed by atoms with van der Waals surface area (Å²) in [6.07, 6.45) is 0.664. The van der Waals surface area contributed by atoms with Crippen LogP contribution >= 0.6 is 11.6 Å². The predicted molar refractivity (Wildman–Crippen MR) is 77.5 cm³/mol. The highest BCUT2D eigenvalue weighted by molar-refractivity contribution is 6.54. The van der Waals surface area contributed by atoms with Gasteiger partial charge in [-0.1, -0.05) is 31.9 Å². The van der Waals surface area contributed by atoms with Gasteiger partial charge in [-0.2, -0.15) is 0 Å². The Labute approximate surface area is 121 Å². The molecule has 2 unspecified atom stereocenters. The molecule has 1 heterocycles. The van der Waals surface area contributed by atoms with Crippen molar-refractivity contribution in [2.75, 3.05) is 5.32 Å². The largest absolute Gasteiger partial charge is 0.480 e. The van der Waals surface area contributed by atoms with E-state index in [-0.39, 0.29) is 11.6 Å². The van der Waals surface area contributed by atoms with Gasteiger partial charge in [0.15, 0.2) is 6.04 Å². The highest BCUT2D eigenvalue weighted by Crippen LogP contribution is 2.27. The highest BCUT2D eigenvalue weighted by atomic mass is 35.5. The monoisotopic (exact) mass is 294 g/mol. The van der Waals surface area contributed by atoms with Crippen LogP contribution < -0.4 is 5.32 Å². The zero-order valence-corrected chi connectivity index (χ0v) is 11.9. The first kappa shape index (κ1) is 14.5. The molecule has 0 radical (unpaired) electrons. The Morgan fingerprint density at radius 1 is 1.50 bits per heavy atom. The number of hydrogen-bond acceptors (Lipinski definition) is 3. The van der Waals surface area contributed by atoms with Crippen molar-refractivity contribution in [3.05, 3.63) is 28.8 Å². The lowest BCUT2D eigenvalue weighted by atomic mass is 9.99. The van der Waals surface area contributed by atoms with Gasteiger partial charge < -0.3 is 10.4 Å². The van der Waals surface area contributed by atoms with E-state index in [4.69, 9.17) is 11.6 Å². The molecule has 0 aliphatic carbocycles. The van der Waals surface area contributed by atoms with Crippen molar-refractivity contribution in [1.29, 1.82) is 0 Å². The maximum atomic E-state index is 11.9. The van der Waals surface area contributed by atoms with Gasteiger partial charge in [-0.3, -0.25) is 9.79 Å². The fraction of sp³-hybridized carbons (Fsp3) is 0.357. The van der Waals surface area contributed by atoms with E-state index >= 15 is 0 Å². The molecule has 1 aliphatic heterocycles. The number of rotatable bonds is 4. The number of fused-ring (bicyclic) bond motifs is 1. The summed E-state index contributed by atoms with van der Waals surface area (Å²) >= 11 is 5.91. The molecule has 2 atom stereocenters. The molecule has 106 valence electrons. The second-order valence-corrected chi connectivity index (χ2v) is 5.23. The van der Waals surface area contributed by atoms with Crippen LogP contribution in [0.15, 0.2) is 23.2 Å². The van der Waals surface area contributed by atoms with Crippen molar-refractivity contribution in [3.8, 4) is 0 Å². The number of hydrogen-bond donors (Lipinski definition) is 2. The van der Waals surface area contributed by atoms with Gasteiger partial charge in [0, 0.05) is 10.6 Å². The molecule has 0 aromatic heterocycles. The molecule has 0 spiro atoms. The molecule has 0 saturated heterocycles. The molecule has 0 saturated carbocycles. The SMILES string of the molecule is CCC(C)C(N=C1C(=O)Nc2ccc(Cl)cc21)C(=O)O. The molecular formula is C14H15ClN2O3. The number of anilines is 1. The molecule has 0 fully saturated rings. The maximum Gasteiger partial charge on any atom is 0.328 e. The number of nitrogens with one attached hydrogen (secondary N) is 1. The van der Waals surface area contributed by atoms with Gasteiger partial charge >= 0.3 is 5.97 Å². The van der Waals surface area contributed by atoms with Gasteiger partial charge in [0.25, 0.3) is 5.91 Å². The smallest absolute Gasteiger partial charge is 0.328 e. The number of benzene rings is 1. The van der Waals surface area contributed by atoms with Gasteiger partial charge in [0.1, 0.15) is 5.71 Å². The molecule has 20 heavy (non-hydrogen) atoms. The minimum atomic E-state index is -1.03. The Morgan fingerprint density at radius 2 is 2.20 bits per heavy atom. The first-order valence-electron chi connectivity index (χ1n) is 6.36. The van der Waals surface area contributed by atoms with Crippen LogP contribution in [-0.4, -0.2) is 28.7 Å². The zero-order valence-electron chi connectivity index (χ0n) is 11.2. The fourth-order valence-electron chi connectivity index (χ4n) is 2.04. The van der Waals surface area contributed by atoms with Crippen LogP contribution in [0.25, 0.3) is 0 Å². The van der Waals surface area contributed by atoms with Gasteiger partial charge in [-0.25, -0.2) is 4.79 Å². The number of halogens is 1. The average molecular weight is 295 g/mol. The molecule has 5 nitrogen and oxygen atoms in total. The second-order valence-electron chi connectivity index (χ2n) is 4.79. The van der Waals surface area contributed by atoms with E-state index in [1.54, 1.807) is 25.1 Å². The standard InChI is InChI=1S/C14H15ClN2O3/c1-3-7(2)11(14(19)20)17-12-9-6-8(15)4-5-10(9)16-13(12)18/h4-7,11H,3H2,1-2H3,(H,19,20)(H,16,17,18). The van der Waals surface area contributed by atoms with E-state index in [9.17, 15) is 14.7 Å². The van der Waals surface area contributed by atoms with Gasteiger partial charge in [-0.05, 0) is 24.1 Å². The Kier molecular flexibility index (Phi) is 4.09. The minimum Gasteiger partial charge on any atom is -0.480 e. The minimum absolute atomic E-state index is 0.134. The highest BCUT2D eigenvalue weighted by Gasteiger charge is 2.30. The quantitative estimate of drug-likeness (QED) is 0.896. The first-order chi connectivity index (χ1) is 9.43. The number of nitrogens with zero attached hydrogens (tertiary/aromatic N) is 1. The summed E-state index contributed by atoms with van der Waals surface area (Å²) in [6.45, 7) is 3.69. The molecule has 2 N–H and O–H groups in total. The van der Waals surface area contributed by atoms with Crippen LogP contribution in [0.2, 0.25) is 5.02 Å². The number of aliphatic carboxylic acids is 1. The third kappa shape index (κ3) is 2.67. The number of aliphatic imine (C=N–C) groups is 1. The van der Waals surface area contributed by atoms with Crippen LogP contribution in [-0.2, 0) is 9.59 Å². The lowest BCUT2D eigenvalue weighted by Crippen LogP contribution is -2.28. The van der Waals surface area contributed by atoms with Crippen LogP contribution in [0.1, 0.15) is 25.8 Å². The lowest BCUT2D eigenvalue weighted by Gasteiger charge is -2.14. The van der Waals surface area contributed by atoms with Crippen LogP contribution in [0.3, 0.4) is 0 Å². The molecule has 1 aliphatic rings. The molecule has 1 amide bonds. The second kappa shape index (κ2) is 5.63. The van der Waals surface area contributed by atoms with Crippen molar-refractivity contribution in [1.82, 2.24) is 0 Å². The Balaban J connectivity index is 2.46. The third-order valence-corrected chi connectivity index (χ3v) is 3.64. The number of carbonyl (C=O) groups excluding carboxylic acids is 1. The van der Waals surface area contributed by atoms with Crippen molar-refractivity contribution >= 4 is 34.9 Å². The average Bonchev–Trinajstić information content (AvgIpc) is 2.70. The Bertz CT molecular complexity index is 598. The van der Waals surface area contributed by atoms with E-state index in [1.807, 2.05) is 6.92 Å². The van der Waals surface area contributed by atoms with E-state index < -0.39 is 17.9 Å². The molecule has 1 aromatic rings. The summed E-state index contributed by atoms with van der Waals surface area (Å²) in [5.74, 6) is -1.58. The maximum absolute atomic E-state index is 11.9. The lowest BCUT2D eigenvalue weighted by molar-refractivity contribution is -0.139. The third-order valence-electron chi connectivity index (χ3n) is 3.40. The number of carboxylic acids is 1. The van der Waals surface area contributed by atoms with Crippen molar-refractivity contribution in [2.45, 2.75) is 26.3 Å². The molecule has 2 rings (SSSR count). The Hall–Kier alpha value is -1.88. The van der Waals surface area contributed by atoms with E-state index in [2.05, 4.69) is 10.3 Å². The van der Waals surface area contributed by atoms with Crippen molar-refractivity contribution in [2.24, 2.45) is 10.9 Å². The summed E-state index contributed by atoms with van der Waals surface area (Å²) in [4.78, 5) is 27.4. The van der Waals surface area contributed by atoms with Crippen LogP contribution in [0, 0.1) is 5.92 Å². The van der Waals surface area contributed by atoms with Crippen LogP contribution in [0.5, 0.6) is 0 Å². The van der Waals surface area contributed by atoms with Gasteiger partial charge in [0.2, 0.25) is 0 Å². The number of carboxylic acid groups (broad SMARTS) is 1. The van der Waals surface area contributed by atoms with E-state index in [1.165, 1.54) is 0 Å². The van der Waals surface area contributed by atoms with Gasteiger partial charge in [-0.15, -0.1) is 0 Å². The topological polar surface area (TPSA) is 78.8 Å². The van der Waals surface area contributed by atoms with E-state index in [0.29, 0.717) is 22.7 Å². The zero-order chi connectivity index (χ0) is 14.9. The summed E-state index contributed by atoms with van der Waals surface area (Å²) in [5.41, 5.74) is 1.29. The van der Waals surface area contributed by atoms with Crippen LogP contribution in [0.4, 0.5) is 5.69 Å². The summed E-state index contributed by atoms with van der Waals surface area (Å²) in [6, 6.07) is 4.01. The predicted octanol–water partition coefficient (Wildman–Crippen LogP) is 2.58. The van der Waals surface area contributed by atoms with Crippen molar-refractivity contribution < 1.29 is 14.7 Å². The Morgan fingerprint density at radius 3 is 2.80 bits per heavy atom. The molecular weight excluding hydrogens is 280 g/mol. The first-order valence-corrected chi connectivity index (χ1v) is 6.73.